The fourth-order valence-electron chi connectivity index (χ4n) is 1.36. The van der Waals surface area contributed by atoms with Crippen LogP contribution >= 0.6 is 0 Å². The molecule has 0 aromatic carbocycles. The van der Waals surface area contributed by atoms with Crippen LogP contribution in [0.15, 0.2) is 12.4 Å². The standard InChI is InChI=1S/C10H9F3N2O3/c11-10(12,13)9(1-2-9)5-18-8-14-3-6(4-15-8)7(16)17/h3-4H,1-2,5H2,(H,16,17). The molecular formula is C10H9F3N2O3. The number of carboxylic acids is 1. The number of aromatic nitrogens is 2. The zero-order valence-corrected chi connectivity index (χ0v) is 9.07. The molecular weight excluding hydrogens is 253 g/mol. The number of nitrogens with zero attached hydrogens (tertiary/aromatic N) is 2. The van der Waals surface area contributed by atoms with E-state index in [9.17, 15) is 18.0 Å². The molecule has 1 aromatic heterocycles. The highest BCUT2D eigenvalue weighted by molar-refractivity contribution is 5.86. The van der Waals surface area contributed by atoms with Crippen molar-refractivity contribution in [1.29, 1.82) is 0 Å². The van der Waals surface area contributed by atoms with Crippen LogP contribution in [0.2, 0.25) is 0 Å². The van der Waals surface area contributed by atoms with E-state index in [0.717, 1.165) is 12.4 Å². The first-order chi connectivity index (χ1) is 8.34. The van der Waals surface area contributed by atoms with Crippen molar-refractivity contribution in [3.63, 3.8) is 0 Å². The largest absolute Gasteiger partial charge is 0.478 e. The van der Waals surface area contributed by atoms with Gasteiger partial charge in [0.2, 0.25) is 0 Å². The van der Waals surface area contributed by atoms with Crippen LogP contribution in [0.4, 0.5) is 13.2 Å². The molecule has 8 heteroatoms. The molecule has 0 saturated heterocycles. The molecule has 0 unspecified atom stereocenters. The summed E-state index contributed by atoms with van der Waals surface area (Å²) in [7, 11) is 0. The number of carbonyl (C=O) groups is 1. The third kappa shape index (κ3) is 2.36. The maximum Gasteiger partial charge on any atom is 0.397 e. The summed E-state index contributed by atoms with van der Waals surface area (Å²) < 4.78 is 42.6. The molecule has 5 nitrogen and oxygen atoms in total. The van der Waals surface area contributed by atoms with Gasteiger partial charge in [-0.05, 0) is 12.8 Å². The minimum atomic E-state index is -4.30. The van der Waals surface area contributed by atoms with Gasteiger partial charge in [-0.15, -0.1) is 0 Å². The Morgan fingerprint density at radius 1 is 1.39 bits per heavy atom. The van der Waals surface area contributed by atoms with Crippen molar-refractivity contribution >= 4 is 5.97 Å². The molecule has 0 amide bonds. The van der Waals surface area contributed by atoms with E-state index in [4.69, 9.17) is 9.84 Å². The molecule has 0 radical (unpaired) electrons. The fourth-order valence-corrected chi connectivity index (χ4v) is 1.36. The van der Waals surface area contributed by atoms with Gasteiger partial charge in [0.05, 0.1) is 5.56 Å². The van der Waals surface area contributed by atoms with Gasteiger partial charge in [-0.1, -0.05) is 0 Å². The zero-order valence-electron chi connectivity index (χ0n) is 9.07. The molecule has 2 rings (SSSR count). The summed E-state index contributed by atoms with van der Waals surface area (Å²) in [6.45, 7) is -0.539. The van der Waals surface area contributed by atoms with Gasteiger partial charge < -0.3 is 9.84 Å². The zero-order chi connectivity index (χ0) is 13.4. The minimum Gasteiger partial charge on any atom is -0.478 e. The topological polar surface area (TPSA) is 72.3 Å². The summed E-state index contributed by atoms with van der Waals surface area (Å²) in [6, 6.07) is -0.254. The van der Waals surface area contributed by atoms with Crippen molar-refractivity contribution in [2.24, 2.45) is 5.41 Å². The van der Waals surface area contributed by atoms with E-state index in [1.54, 1.807) is 0 Å². The SMILES string of the molecule is O=C(O)c1cnc(OCC2(C(F)(F)F)CC2)nc1. The summed E-state index contributed by atoms with van der Waals surface area (Å²) in [5.74, 6) is -1.21. The van der Waals surface area contributed by atoms with Crippen molar-refractivity contribution in [2.45, 2.75) is 19.0 Å². The van der Waals surface area contributed by atoms with Gasteiger partial charge in [-0.2, -0.15) is 13.2 Å². The lowest BCUT2D eigenvalue weighted by atomic mass is 10.1. The number of aromatic carboxylic acids is 1. The first-order valence-corrected chi connectivity index (χ1v) is 5.09. The van der Waals surface area contributed by atoms with Gasteiger partial charge >= 0.3 is 18.2 Å². The van der Waals surface area contributed by atoms with Crippen LogP contribution in [0.5, 0.6) is 6.01 Å². The van der Waals surface area contributed by atoms with E-state index in [0.29, 0.717) is 0 Å². The molecule has 1 N–H and O–H groups in total. The molecule has 1 saturated carbocycles. The van der Waals surface area contributed by atoms with E-state index < -0.39 is 24.2 Å². The summed E-state index contributed by atoms with van der Waals surface area (Å²) in [4.78, 5) is 17.6. The number of carboxylic acid groups (broad SMARTS) is 1. The molecule has 0 atom stereocenters. The maximum atomic E-state index is 12.6. The molecule has 1 heterocycles. The average Bonchev–Trinajstić information content (AvgIpc) is 3.07. The van der Waals surface area contributed by atoms with Gasteiger partial charge in [-0.3, -0.25) is 0 Å². The highest BCUT2D eigenvalue weighted by Gasteiger charge is 2.64. The lowest BCUT2D eigenvalue weighted by molar-refractivity contribution is -0.194. The molecule has 1 aromatic rings. The lowest BCUT2D eigenvalue weighted by Crippen LogP contribution is -2.30. The predicted octanol–water partition coefficient (Wildman–Crippen LogP) is 1.90. The third-order valence-corrected chi connectivity index (χ3v) is 2.81. The van der Waals surface area contributed by atoms with E-state index in [1.807, 2.05) is 0 Å². The van der Waals surface area contributed by atoms with Gasteiger partial charge in [0.15, 0.2) is 0 Å². The van der Waals surface area contributed by atoms with Crippen molar-refractivity contribution in [1.82, 2.24) is 9.97 Å². The van der Waals surface area contributed by atoms with Crippen LogP contribution in [0.1, 0.15) is 23.2 Å². The molecule has 0 aliphatic heterocycles. The second-order valence-corrected chi connectivity index (χ2v) is 4.13. The molecule has 1 aliphatic rings. The van der Waals surface area contributed by atoms with Crippen molar-refractivity contribution in [3.05, 3.63) is 18.0 Å². The summed E-state index contributed by atoms with van der Waals surface area (Å²) in [5, 5.41) is 8.58. The quantitative estimate of drug-likeness (QED) is 0.897. The van der Waals surface area contributed by atoms with Gasteiger partial charge in [-0.25, -0.2) is 14.8 Å². The van der Waals surface area contributed by atoms with E-state index >= 15 is 0 Å². The Kier molecular flexibility index (Phi) is 2.88. The number of alkyl halides is 3. The Balaban J connectivity index is 1.97. The number of ether oxygens (including phenoxy) is 1. The van der Waals surface area contributed by atoms with Crippen LogP contribution in [0.25, 0.3) is 0 Å². The maximum absolute atomic E-state index is 12.6. The predicted molar refractivity (Wildman–Crippen MR) is 52.2 cm³/mol. The lowest BCUT2D eigenvalue weighted by Gasteiger charge is -2.18. The molecule has 0 bridgehead atoms. The first kappa shape index (κ1) is 12.6. The second kappa shape index (κ2) is 4.11. The smallest absolute Gasteiger partial charge is 0.397 e. The number of hydrogen-bond donors (Lipinski definition) is 1. The molecule has 1 fully saturated rings. The Hall–Kier alpha value is -1.86. The van der Waals surface area contributed by atoms with Crippen LogP contribution in [-0.4, -0.2) is 33.8 Å². The van der Waals surface area contributed by atoms with E-state index in [-0.39, 0.29) is 24.4 Å². The minimum absolute atomic E-state index is 0.0315. The summed E-state index contributed by atoms with van der Waals surface area (Å²) in [6.07, 6.45) is -2.27. The monoisotopic (exact) mass is 262 g/mol. The first-order valence-electron chi connectivity index (χ1n) is 5.09. The molecule has 18 heavy (non-hydrogen) atoms. The third-order valence-electron chi connectivity index (χ3n) is 2.81. The summed E-state index contributed by atoms with van der Waals surface area (Å²) >= 11 is 0. The molecule has 1 aliphatic carbocycles. The Bertz CT molecular complexity index is 454. The van der Waals surface area contributed by atoms with Crippen molar-refractivity contribution in [2.75, 3.05) is 6.61 Å². The van der Waals surface area contributed by atoms with E-state index in [1.165, 1.54) is 0 Å². The van der Waals surface area contributed by atoms with E-state index in [2.05, 4.69) is 9.97 Å². The average molecular weight is 262 g/mol. The highest BCUT2D eigenvalue weighted by Crippen LogP contribution is 2.57. The van der Waals surface area contributed by atoms with Gasteiger partial charge in [0.1, 0.15) is 12.0 Å². The number of halogens is 3. The van der Waals surface area contributed by atoms with Crippen LogP contribution in [0, 0.1) is 5.41 Å². The number of rotatable bonds is 4. The fraction of sp³-hybridized carbons (Fsp3) is 0.500. The van der Waals surface area contributed by atoms with Crippen LogP contribution < -0.4 is 4.74 Å². The van der Waals surface area contributed by atoms with Crippen LogP contribution in [0.3, 0.4) is 0 Å². The van der Waals surface area contributed by atoms with Crippen molar-refractivity contribution < 1.29 is 27.8 Å². The summed E-state index contributed by atoms with van der Waals surface area (Å²) in [5.41, 5.74) is -1.94. The number of hydrogen-bond acceptors (Lipinski definition) is 4. The molecule has 98 valence electrons. The Morgan fingerprint density at radius 2 is 1.94 bits per heavy atom. The second-order valence-electron chi connectivity index (χ2n) is 4.13. The van der Waals surface area contributed by atoms with Gasteiger partial charge in [0, 0.05) is 12.4 Å². The van der Waals surface area contributed by atoms with Crippen molar-refractivity contribution in [3.8, 4) is 6.01 Å². The van der Waals surface area contributed by atoms with Crippen LogP contribution in [-0.2, 0) is 0 Å². The Labute approximate surface area is 99.6 Å². The Morgan fingerprint density at radius 3 is 2.33 bits per heavy atom. The van der Waals surface area contributed by atoms with Gasteiger partial charge in [0.25, 0.3) is 0 Å². The molecule has 0 spiro atoms. The highest BCUT2D eigenvalue weighted by atomic mass is 19.4. The normalized spacial score (nSPS) is 17.3.